The van der Waals surface area contributed by atoms with Crippen LogP contribution in [-0.2, 0) is 0 Å². The highest BCUT2D eigenvalue weighted by Crippen LogP contribution is 2.36. The van der Waals surface area contributed by atoms with Gasteiger partial charge in [-0.3, -0.25) is 4.90 Å². The van der Waals surface area contributed by atoms with E-state index in [9.17, 15) is 0 Å². The van der Waals surface area contributed by atoms with Crippen molar-refractivity contribution in [3.63, 3.8) is 0 Å². The molecule has 1 saturated heterocycles. The normalized spacial score (nSPS) is 34.2. The van der Waals surface area contributed by atoms with E-state index in [-0.39, 0.29) is 0 Å². The molecule has 0 aromatic carbocycles. The summed E-state index contributed by atoms with van der Waals surface area (Å²) in [5, 5.41) is 3.60. The van der Waals surface area contributed by atoms with Crippen LogP contribution in [0.2, 0.25) is 0 Å². The highest BCUT2D eigenvalue weighted by Gasteiger charge is 2.38. The molecule has 3 atom stereocenters. The Morgan fingerprint density at radius 1 is 1.24 bits per heavy atom. The van der Waals surface area contributed by atoms with Crippen molar-refractivity contribution in [2.24, 2.45) is 17.8 Å². The summed E-state index contributed by atoms with van der Waals surface area (Å²) in [5.74, 6) is 2.77. The van der Waals surface area contributed by atoms with Crippen molar-refractivity contribution < 1.29 is 0 Å². The van der Waals surface area contributed by atoms with Crippen LogP contribution in [0.5, 0.6) is 0 Å². The molecule has 1 N–H and O–H groups in total. The molecule has 17 heavy (non-hydrogen) atoms. The third-order valence-electron chi connectivity index (χ3n) is 4.88. The SMILES string of the molecule is CCCNCC1CCC1N1CCC(C(C)C)C1. The molecule has 2 heteroatoms. The summed E-state index contributed by atoms with van der Waals surface area (Å²) in [6.45, 7) is 12.2. The Labute approximate surface area is 107 Å². The Bertz CT molecular complexity index is 227. The van der Waals surface area contributed by atoms with Gasteiger partial charge in [0.2, 0.25) is 0 Å². The van der Waals surface area contributed by atoms with Crippen molar-refractivity contribution in [2.45, 2.75) is 52.5 Å². The van der Waals surface area contributed by atoms with Gasteiger partial charge in [-0.25, -0.2) is 0 Å². The quantitative estimate of drug-likeness (QED) is 0.716. The molecule has 0 aromatic heterocycles. The lowest BCUT2D eigenvalue weighted by Gasteiger charge is -2.43. The van der Waals surface area contributed by atoms with E-state index in [1.807, 2.05) is 0 Å². The molecular weight excluding hydrogens is 208 g/mol. The van der Waals surface area contributed by atoms with Crippen LogP contribution in [0, 0.1) is 17.8 Å². The summed E-state index contributed by atoms with van der Waals surface area (Å²) in [5.41, 5.74) is 0. The minimum absolute atomic E-state index is 0.872. The molecule has 0 spiro atoms. The molecule has 0 radical (unpaired) electrons. The minimum atomic E-state index is 0.872. The third kappa shape index (κ3) is 3.23. The van der Waals surface area contributed by atoms with Crippen molar-refractivity contribution in [3.8, 4) is 0 Å². The van der Waals surface area contributed by atoms with E-state index in [1.54, 1.807) is 0 Å². The van der Waals surface area contributed by atoms with E-state index in [4.69, 9.17) is 0 Å². The average molecular weight is 238 g/mol. The highest BCUT2D eigenvalue weighted by atomic mass is 15.2. The lowest BCUT2D eigenvalue weighted by molar-refractivity contribution is 0.0772. The Kier molecular flexibility index (Phi) is 4.87. The summed E-state index contributed by atoms with van der Waals surface area (Å²) in [6, 6.07) is 0.906. The summed E-state index contributed by atoms with van der Waals surface area (Å²) in [4.78, 5) is 2.78. The molecular formula is C15H30N2. The van der Waals surface area contributed by atoms with Crippen LogP contribution in [-0.4, -0.2) is 37.1 Å². The fraction of sp³-hybridized carbons (Fsp3) is 1.00. The van der Waals surface area contributed by atoms with Crippen molar-refractivity contribution in [2.75, 3.05) is 26.2 Å². The van der Waals surface area contributed by atoms with Gasteiger partial charge >= 0.3 is 0 Å². The third-order valence-corrected chi connectivity index (χ3v) is 4.88. The molecule has 2 aliphatic rings. The molecule has 0 bridgehead atoms. The van der Waals surface area contributed by atoms with Gasteiger partial charge in [-0.05, 0) is 63.1 Å². The maximum absolute atomic E-state index is 3.60. The summed E-state index contributed by atoms with van der Waals surface area (Å²) >= 11 is 0. The second kappa shape index (κ2) is 6.19. The predicted molar refractivity (Wildman–Crippen MR) is 74.2 cm³/mol. The zero-order chi connectivity index (χ0) is 12.3. The lowest BCUT2D eigenvalue weighted by Crippen LogP contribution is -2.49. The van der Waals surface area contributed by atoms with E-state index in [0.717, 1.165) is 23.8 Å². The number of hydrogen-bond donors (Lipinski definition) is 1. The van der Waals surface area contributed by atoms with Crippen LogP contribution < -0.4 is 5.32 Å². The van der Waals surface area contributed by atoms with Crippen molar-refractivity contribution in [3.05, 3.63) is 0 Å². The van der Waals surface area contributed by atoms with Crippen molar-refractivity contribution in [1.29, 1.82) is 0 Å². The Balaban J connectivity index is 1.72. The van der Waals surface area contributed by atoms with E-state index in [2.05, 4.69) is 31.0 Å². The number of rotatable bonds is 6. The van der Waals surface area contributed by atoms with Gasteiger partial charge in [0.1, 0.15) is 0 Å². The Morgan fingerprint density at radius 3 is 2.59 bits per heavy atom. The van der Waals surface area contributed by atoms with Gasteiger partial charge in [-0.15, -0.1) is 0 Å². The number of nitrogens with zero attached hydrogens (tertiary/aromatic N) is 1. The Morgan fingerprint density at radius 2 is 2.06 bits per heavy atom. The number of hydrogen-bond acceptors (Lipinski definition) is 2. The average Bonchev–Trinajstić information content (AvgIpc) is 2.72. The fourth-order valence-corrected chi connectivity index (χ4v) is 3.40. The number of nitrogens with one attached hydrogen (secondary N) is 1. The summed E-state index contributed by atoms with van der Waals surface area (Å²) in [6.07, 6.45) is 5.59. The van der Waals surface area contributed by atoms with E-state index < -0.39 is 0 Å². The van der Waals surface area contributed by atoms with Crippen LogP contribution in [0.15, 0.2) is 0 Å². The van der Waals surface area contributed by atoms with Gasteiger partial charge in [0.25, 0.3) is 0 Å². The summed E-state index contributed by atoms with van der Waals surface area (Å²) in [7, 11) is 0. The molecule has 2 nitrogen and oxygen atoms in total. The van der Waals surface area contributed by atoms with Crippen LogP contribution in [0.25, 0.3) is 0 Å². The molecule has 1 saturated carbocycles. The first-order chi connectivity index (χ1) is 8.22. The van der Waals surface area contributed by atoms with E-state index >= 15 is 0 Å². The van der Waals surface area contributed by atoms with Crippen molar-refractivity contribution in [1.82, 2.24) is 10.2 Å². The first-order valence-corrected chi connectivity index (χ1v) is 7.67. The molecule has 1 heterocycles. The maximum Gasteiger partial charge on any atom is 0.0136 e. The summed E-state index contributed by atoms with van der Waals surface area (Å²) < 4.78 is 0. The second-order valence-corrected chi connectivity index (χ2v) is 6.40. The second-order valence-electron chi connectivity index (χ2n) is 6.40. The zero-order valence-corrected chi connectivity index (χ0v) is 11.9. The topological polar surface area (TPSA) is 15.3 Å². The van der Waals surface area contributed by atoms with Crippen LogP contribution in [0.1, 0.15) is 46.5 Å². The van der Waals surface area contributed by atoms with E-state index in [0.29, 0.717) is 0 Å². The largest absolute Gasteiger partial charge is 0.316 e. The highest BCUT2D eigenvalue weighted by molar-refractivity contribution is 4.93. The van der Waals surface area contributed by atoms with Crippen LogP contribution in [0.4, 0.5) is 0 Å². The molecule has 0 amide bonds. The fourth-order valence-electron chi connectivity index (χ4n) is 3.40. The standard InChI is InChI=1S/C15H30N2/c1-4-8-16-10-13-5-6-15(13)17-9-7-14(11-17)12(2)3/h12-16H,4-11H2,1-3H3. The van der Waals surface area contributed by atoms with Gasteiger partial charge in [0, 0.05) is 12.6 Å². The van der Waals surface area contributed by atoms with Gasteiger partial charge in [-0.1, -0.05) is 20.8 Å². The van der Waals surface area contributed by atoms with Gasteiger partial charge in [0.05, 0.1) is 0 Å². The minimum Gasteiger partial charge on any atom is -0.316 e. The van der Waals surface area contributed by atoms with Gasteiger partial charge < -0.3 is 5.32 Å². The zero-order valence-electron chi connectivity index (χ0n) is 11.9. The monoisotopic (exact) mass is 238 g/mol. The molecule has 1 aliphatic heterocycles. The lowest BCUT2D eigenvalue weighted by atomic mass is 9.78. The van der Waals surface area contributed by atoms with Gasteiger partial charge in [0.15, 0.2) is 0 Å². The molecule has 2 fully saturated rings. The molecule has 2 rings (SSSR count). The van der Waals surface area contributed by atoms with Gasteiger partial charge in [-0.2, -0.15) is 0 Å². The van der Waals surface area contributed by atoms with Crippen LogP contribution >= 0.6 is 0 Å². The predicted octanol–water partition coefficient (Wildman–Crippen LogP) is 2.74. The van der Waals surface area contributed by atoms with E-state index in [1.165, 1.54) is 51.9 Å². The van der Waals surface area contributed by atoms with Crippen molar-refractivity contribution >= 4 is 0 Å². The smallest absolute Gasteiger partial charge is 0.0136 e. The Hall–Kier alpha value is -0.0800. The van der Waals surface area contributed by atoms with Crippen LogP contribution in [0.3, 0.4) is 0 Å². The molecule has 0 aromatic rings. The first kappa shape index (κ1) is 13.4. The molecule has 3 unspecified atom stereocenters. The first-order valence-electron chi connectivity index (χ1n) is 7.67. The number of likely N-dealkylation sites (tertiary alicyclic amines) is 1. The maximum atomic E-state index is 3.60. The molecule has 1 aliphatic carbocycles. The molecule has 100 valence electrons.